The molecule has 1 unspecified atom stereocenters. The van der Waals surface area contributed by atoms with E-state index >= 15 is 0 Å². The quantitative estimate of drug-likeness (QED) is 0.784. The molecule has 2 aromatic carbocycles. The van der Waals surface area contributed by atoms with Crippen LogP contribution >= 0.6 is 0 Å². The Labute approximate surface area is 142 Å². The molecule has 0 aliphatic heterocycles. The molecule has 0 radical (unpaired) electrons. The average molecular weight is 355 g/mol. The number of ether oxygens (including phenoxy) is 1. The molecular weight excluding hydrogens is 338 g/mol. The van der Waals surface area contributed by atoms with Gasteiger partial charge in [0, 0.05) is 6.54 Å². The van der Waals surface area contributed by atoms with Crippen LogP contribution in [0.15, 0.2) is 48.5 Å². The van der Waals surface area contributed by atoms with Crippen LogP contribution in [0.25, 0.3) is 0 Å². The van der Waals surface area contributed by atoms with Gasteiger partial charge in [-0.05, 0) is 30.2 Å². The minimum Gasteiger partial charge on any atom is -0.480 e. The second-order valence-electron chi connectivity index (χ2n) is 5.36. The maximum absolute atomic E-state index is 13.1. The molecule has 0 aliphatic rings. The van der Waals surface area contributed by atoms with E-state index in [-0.39, 0.29) is 13.0 Å². The van der Waals surface area contributed by atoms with Crippen LogP contribution in [-0.2, 0) is 17.5 Å². The van der Waals surface area contributed by atoms with Crippen molar-refractivity contribution in [2.45, 2.75) is 32.2 Å². The van der Waals surface area contributed by atoms with Crippen LogP contribution in [0.4, 0.5) is 17.6 Å². The predicted molar refractivity (Wildman–Crippen MR) is 84.4 cm³/mol. The Morgan fingerprint density at radius 2 is 1.84 bits per heavy atom. The summed E-state index contributed by atoms with van der Waals surface area (Å²) in [7, 11) is 0. The lowest BCUT2D eigenvalue weighted by Gasteiger charge is -2.20. The van der Waals surface area contributed by atoms with Crippen molar-refractivity contribution >= 4 is 5.91 Å². The van der Waals surface area contributed by atoms with Gasteiger partial charge in [0.2, 0.25) is 0 Å². The standard InChI is InChI=1S/C18H17F4NO2/c1-2-15(17(24)23-11-12-6-4-3-5-7-12)25-16-9-8-13(19)10-14(16)18(20,21)22/h3-10,15H,2,11H2,1H3,(H,23,24). The molecule has 0 saturated heterocycles. The first-order valence-corrected chi connectivity index (χ1v) is 7.66. The van der Waals surface area contributed by atoms with Gasteiger partial charge in [-0.3, -0.25) is 4.79 Å². The second-order valence-corrected chi connectivity index (χ2v) is 5.36. The number of carbonyl (C=O) groups is 1. The Morgan fingerprint density at radius 1 is 1.16 bits per heavy atom. The average Bonchev–Trinajstić information content (AvgIpc) is 2.58. The van der Waals surface area contributed by atoms with Gasteiger partial charge in [-0.15, -0.1) is 0 Å². The summed E-state index contributed by atoms with van der Waals surface area (Å²) in [6.45, 7) is 1.85. The van der Waals surface area contributed by atoms with E-state index in [0.29, 0.717) is 6.07 Å². The number of hydrogen-bond acceptors (Lipinski definition) is 2. The highest BCUT2D eigenvalue weighted by molar-refractivity contribution is 5.81. The number of hydrogen-bond donors (Lipinski definition) is 1. The van der Waals surface area contributed by atoms with Crippen LogP contribution in [0.5, 0.6) is 5.75 Å². The molecule has 0 spiro atoms. The van der Waals surface area contributed by atoms with E-state index < -0.39 is 35.3 Å². The van der Waals surface area contributed by atoms with Crippen LogP contribution < -0.4 is 10.1 Å². The van der Waals surface area contributed by atoms with E-state index in [2.05, 4.69) is 5.32 Å². The number of benzene rings is 2. The maximum atomic E-state index is 13.1. The zero-order chi connectivity index (χ0) is 18.4. The van der Waals surface area contributed by atoms with Crippen LogP contribution in [0.2, 0.25) is 0 Å². The molecule has 0 fully saturated rings. The molecule has 3 nitrogen and oxygen atoms in total. The highest BCUT2D eigenvalue weighted by Crippen LogP contribution is 2.37. The Bertz CT molecular complexity index is 717. The molecule has 2 rings (SSSR count). The number of alkyl halides is 3. The van der Waals surface area contributed by atoms with Crippen molar-refractivity contribution in [1.29, 1.82) is 0 Å². The normalized spacial score (nSPS) is 12.5. The summed E-state index contributed by atoms with van der Waals surface area (Å²) in [4.78, 5) is 12.2. The Hall–Kier alpha value is -2.57. The van der Waals surface area contributed by atoms with Gasteiger partial charge < -0.3 is 10.1 Å². The van der Waals surface area contributed by atoms with Gasteiger partial charge >= 0.3 is 6.18 Å². The predicted octanol–water partition coefficient (Wildman–Crippen LogP) is 4.32. The molecule has 0 heterocycles. The Kier molecular flexibility index (Phi) is 6.01. The molecule has 0 bridgehead atoms. The van der Waals surface area contributed by atoms with Crippen molar-refractivity contribution in [3.8, 4) is 5.75 Å². The second kappa shape index (κ2) is 8.00. The lowest BCUT2D eigenvalue weighted by molar-refractivity contribution is -0.141. The van der Waals surface area contributed by atoms with Crippen molar-refractivity contribution in [3.63, 3.8) is 0 Å². The number of rotatable bonds is 6. The van der Waals surface area contributed by atoms with Gasteiger partial charge in [0.25, 0.3) is 5.91 Å². The minimum absolute atomic E-state index is 0.162. The third-order valence-electron chi connectivity index (χ3n) is 3.49. The van der Waals surface area contributed by atoms with Gasteiger partial charge in [-0.2, -0.15) is 13.2 Å². The van der Waals surface area contributed by atoms with E-state index in [1.165, 1.54) is 0 Å². The topological polar surface area (TPSA) is 38.3 Å². The molecule has 2 aromatic rings. The van der Waals surface area contributed by atoms with Gasteiger partial charge in [0.15, 0.2) is 6.10 Å². The number of nitrogens with one attached hydrogen (secondary N) is 1. The number of carbonyl (C=O) groups excluding carboxylic acids is 1. The molecule has 0 aliphatic carbocycles. The third-order valence-corrected chi connectivity index (χ3v) is 3.49. The Morgan fingerprint density at radius 3 is 2.44 bits per heavy atom. The van der Waals surface area contributed by atoms with Crippen molar-refractivity contribution in [2.75, 3.05) is 0 Å². The van der Waals surface area contributed by atoms with Crippen LogP contribution in [-0.4, -0.2) is 12.0 Å². The summed E-state index contributed by atoms with van der Waals surface area (Å²) in [6.07, 6.45) is -5.73. The first-order chi connectivity index (χ1) is 11.8. The van der Waals surface area contributed by atoms with E-state index in [0.717, 1.165) is 17.7 Å². The Balaban J connectivity index is 2.10. The number of amides is 1. The molecule has 25 heavy (non-hydrogen) atoms. The van der Waals surface area contributed by atoms with E-state index in [9.17, 15) is 22.4 Å². The lowest BCUT2D eigenvalue weighted by Crippen LogP contribution is -2.38. The number of halogens is 4. The maximum Gasteiger partial charge on any atom is 0.420 e. The zero-order valence-corrected chi connectivity index (χ0v) is 13.4. The highest BCUT2D eigenvalue weighted by atomic mass is 19.4. The first-order valence-electron chi connectivity index (χ1n) is 7.66. The summed E-state index contributed by atoms with van der Waals surface area (Å²) >= 11 is 0. The van der Waals surface area contributed by atoms with Crippen molar-refractivity contribution < 1.29 is 27.1 Å². The molecule has 0 saturated carbocycles. The fraction of sp³-hybridized carbons (Fsp3) is 0.278. The van der Waals surface area contributed by atoms with Gasteiger partial charge in [-0.1, -0.05) is 37.3 Å². The summed E-state index contributed by atoms with van der Waals surface area (Å²) in [5, 5.41) is 2.62. The van der Waals surface area contributed by atoms with Crippen molar-refractivity contribution in [2.24, 2.45) is 0 Å². The summed E-state index contributed by atoms with van der Waals surface area (Å²) in [5.41, 5.74) is -0.398. The van der Waals surface area contributed by atoms with Crippen LogP contribution in [0.1, 0.15) is 24.5 Å². The fourth-order valence-electron chi connectivity index (χ4n) is 2.20. The molecule has 1 N–H and O–H groups in total. The largest absolute Gasteiger partial charge is 0.480 e. The lowest BCUT2D eigenvalue weighted by atomic mass is 10.1. The zero-order valence-electron chi connectivity index (χ0n) is 13.4. The smallest absolute Gasteiger partial charge is 0.420 e. The van der Waals surface area contributed by atoms with Crippen LogP contribution in [0.3, 0.4) is 0 Å². The van der Waals surface area contributed by atoms with Crippen LogP contribution in [0, 0.1) is 5.82 Å². The monoisotopic (exact) mass is 355 g/mol. The van der Waals surface area contributed by atoms with Gasteiger partial charge in [0.05, 0.1) is 0 Å². The minimum atomic E-state index is -4.78. The fourth-order valence-corrected chi connectivity index (χ4v) is 2.20. The molecule has 134 valence electrons. The molecule has 1 amide bonds. The third kappa shape index (κ3) is 5.20. The molecule has 7 heteroatoms. The van der Waals surface area contributed by atoms with E-state index in [1.54, 1.807) is 6.92 Å². The van der Waals surface area contributed by atoms with Gasteiger partial charge in [0.1, 0.15) is 17.1 Å². The summed E-state index contributed by atoms with van der Waals surface area (Å²) < 4.78 is 57.4. The highest BCUT2D eigenvalue weighted by Gasteiger charge is 2.36. The van der Waals surface area contributed by atoms with Crippen molar-refractivity contribution in [1.82, 2.24) is 5.32 Å². The molecular formula is C18H17F4NO2. The van der Waals surface area contributed by atoms with E-state index in [4.69, 9.17) is 4.74 Å². The van der Waals surface area contributed by atoms with Gasteiger partial charge in [-0.25, -0.2) is 4.39 Å². The van der Waals surface area contributed by atoms with E-state index in [1.807, 2.05) is 30.3 Å². The summed E-state index contributed by atoms with van der Waals surface area (Å²) in [6, 6.07) is 11.2. The van der Waals surface area contributed by atoms with Crippen molar-refractivity contribution in [3.05, 3.63) is 65.5 Å². The molecule has 0 aromatic heterocycles. The SMILES string of the molecule is CCC(Oc1ccc(F)cc1C(F)(F)F)C(=O)NCc1ccccc1. The first kappa shape index (κ1) is 18.8. The molecule has 1 atom stereocenters. The summed E-state index contributed by atoms with van der Waals surface area (Å²) in [5.74, 6) is -2.14.